The lowest BCUT2D eigenvalue weighted by molar-refractivity contribution is -0.123. The van der Waals surface area contributed by atoms with Crippen LogP contribution in [-0.2, 0) is 14.3 Å². The molecule has 8 rings (SSSR count). The van der Waals surface area contributed by atoms with E-state index in [1.165, 1.54) is 43.2 Å². The third kappa shape index (κ3) is 21.4. The van der Waals surface area contributed by atoms with Crippen molar-refractivity contribution < 1.29 is 29.6 Å². The van der Waals surface area contributed by atoms with Gasteiger partial charge in [0, 0.05) is 64.3 Å². The van der Waals surface area contributed by atoms with Gasteiger partial charge in [-0.05, 0) is 48.1 Å². The van der Waals surface area contributed by atoms with Crippen LogP contribution in [0.3, 0.4) is 0 Å². The largest absolute Gasteiger partial charge is 0.387 e. The number of hydrogen-bond acceptors (Lipinski definition) is 10. The number of aliphatic hydroxyl groups is 3. The minimum absolute atomic E-state index is 0. The summed E-state index contributed by atoms with van der Waals surface area (Å²) in [6.45, 7) is 15.4. The second kappa shape index (κ2) is 35.2. The molecule has 3 aliphatic rings. The maximum absolute atomic E-state index is 12.5. The number of nitrogens with one attached hydrogen (secondary N) is 2. The molecule has 13 heteroatoms. The number of aliphatic hydroxyl groups excluding tert-OH is 3. The van der Waals surface area contributed by atoms with Gasteiger partial charge in [-0.2, -0.15) is 0 Å². The third-order valence-electron chi connectivity index (χ3n) is 14.3. The van der Waals surface area contributed by atoms with Crippen molar-refractivity contribution in [2.75, 3.05) is 72.2 Å². The van der Waals surface area contributed by atoms with Gasteiger partial charge in [-0.25, -0.2) is 0 Å². The summed E-state index contributed by atoms with van der Waals surface area (Å²) in [5, 5.41) is 39.0. The minimum atomic E-state index is -0.706. The Kier molecular flexibility index (Phi) is 29.6. The number of rotatable bonds is 24. The normalized spacial score (nSPS) is 19.4. The second-order valence-electron chi connectivity index (χ2n) is 19.7. The summed E-state index contributed by atoms with van der Waals surface area (Å²) in [6, 6.07) is 50.7. The zero-order chi connectivity index (χ0) is 50.8. The molecular formula is C61H87Cl2N5O6. The van der Waals surface area contributed by atoms with Crippen molar-refractivity contribution in [3.05, 3.63) is 179 Å². The lowest BCUT2D eigenvalue weighted by Crippen LogP contribution is -2.49. The van der Waals surface area contributed by atoms with Crippen molar-refractivity contribution in [1.29, 1.82) is 0 Å². The Morgan fingerprint density at radius 3 is 1.41 bits per heavy atom. The van der Waals surface area contributed by atoms with Crippen LogP contribution in [0.4, 0.5) is 0 Å². The van der Waals surface area contributed by atoms with Gasteiger partial charge in [0.25, 0.3) is 0 Å². The molecule has 2 unspecified atom stereocenters. The number of hydrogen-bond donors (Lipinski definition) is 5. The first-order chi connectivity index (χ1) is 35.2. The Balaban J connectivity index is 0.000000241. The summed E-state index contributed by atoms with van der Waals surface area (Å²) < 4.78 is 10.9. The van der Waals surface area contributed by atoms with E-state index in [0.717, 1.165) is 82.0 Å². The van der Waals surface area contributed by atoms with Gasteiger partial charge >= 0.3 is 0 Å². The molecule has 1 amide bonds. The fourth-order valence-electron chi connectivity index (χ4n) is 9.73. The van der Waals surface area contributed by atoms with E-state index in [-0.39, 0.29) is 61.0 Å². The molecule has 0 saturated carbocycles. The zero-order valence-electron chi connectivity index (χ0n) is 44.2. The van der Waals surface area contributed by atoms with Gasteiger partial charge in [0.05, 0.1) is 56.8 Å². The summed E-state index contributed by atoms with van der Waals surface area (Å²) in [4.78, 5) is 19.5. The SMILES string of the molecule is CC(N[C@H](CN1CCOCC1)[C@H](O)c1ccccc1)c1ccccc1.CCCCCCCCCC(=O)N[C@H](CN1CCOCC1)[C@H](O)c1ccccc1.C[C@@H](c1ccccc1)N1C[C@@H]1[C@H](O)c1ccccc1.Cl.Cl. The molecule has 0 aromatic heterocycles. The smallest absolute Gasteiger partial charge is 0.220 e. The summed E-state index contributed by atoms with van der Waals surface area (Å²) in [5.41, 5.74) is 5.35. The molecule has 3 heterocycles. The number of benzene rings is 5. The molecule has 3 saturated heterocycles. The number of nitrogens with zero attached hydrogens (tertiary/aromatic N) is 3. The average Bonchev–Trinajstić information content (AvgIpc) is 4.25. The van der Waals surface area contributed by atoms with E-state index >= 15 is 0 Å². The highest BCUT2D eigenvalue weighted by Crippen LogP contribution is 2.38. The zero-order valence-corrected chi connectivity index (χ0v) is 45.8. The fourth-order valence-corrected chi connectivity index (χ4v) is 9.73. The van der Waals surface area contributed by atoms with Crippen LogP contribution in [0, 0.1) is 0 Å². The lowest BCUT2D eigenvalue weighted by atomic mass is 9.99. The Labute approximate surface area is 455 Å². The molecule has 5 aromatic rings. The molecule has 5 aromatic carbocycles. The topological polar surface area (TPSA) is 130 Å². The summed E-state index contributed by atoms with van der Waals surface area (Å²) >= 11 is 0. The Bertz CT molecular complexity index is 2130. The maximum atomic E-state index is 12.5. The summed E-state index contributed by atoms with van der Waals surface area (Å²) in [5.74, 6) is 0.0433. The third-order valence-corrected chi connectivity index (χ3v) is 14.3. The van der Waals surface area contributed by atoms with Gasteiger partial charge in [0.2, 0.25) is 5.91 Å². The number of halogens is 2. The fraction of sp³-hybridized carbons (Fsp3) is 0.492. The summed E-state index contributed by atoms with van der Waals surface area (Å²) in [6.07, 6.45) is 7.26. The second-order valence-corrected chi connectivity index (χ2v) is 19.7. The Morgan fingerprint density at radius 2 is 0.932 bits per heavy atom. The molecule has 406 valence electrons. The van der Waals surface area contributed by atoms with E-state index in [2.05, 4.69) is 94.6 Å². The molecule has 0 aliphatic carbocycles. The van der Waals surface area contributed by atoms with Crippen LogP contribution in [0.2, 0.25) is 0 Å². The van der Waals surface area contributed by atoms with Gasteiger partial charge in [-0.3, -0.25) is 19.5 Å². The van der Waals surface area contributed by atoms with Crippen LogP contribution in [0.1, 0.15) is 130 Å². The first-order valence-electron chi connectivity index (χ1n) is 26.9. The number of morpholine rings is 2. The molecule has 0 radical (unpaired) electrons. The van der Waals surface area contributed by atoms with Crippen LogP contribution in [-0.4, -0.2) is 126 Å². The standard InChI is InChI=1S/C23H38N2O3.C21H28N2O2.C17H19NO.2ClH/c1-2-3-4-5-6-7-11-14-22(26)24-21(19-25-15-17-28-18-16-25)23(27)20-12-9-8-10-13-20;1-17(18-8-4-2-5-9-18)22-20(16-23-12-14-25-15-13-23)21(24)19-10-6-3-7-11-19;1-13(14-8-4-2-5-9-14)18-12-16(18)17(19)15-10-6-3-7-11-15;;/h8-10,12-13,21,23,27H,2-7,11,14-19H2,1H3,(H,24,26);2-11,17,20-22,24H,12-16H2,1H3;2-11,13,16-17,19H,12H2,1H3;2*1H/t21-,23-;17?,20-,21-;13-,16+,17+,18?;;/m110../s1. The van der Waals surface area contributed by atoms with Crippen molar-refractivity contribution >= 4 is 30.7 Å². The number of unbranched alkanes of at least 4 members (excludes halogenated alkanes) is 6. The monoisotopic (exact) mass is 1060 g/mol. The van der Waals surface area contributed by atoms with Crippen LogP contribution in [0.5, 0.6) is 0 Å². The Morgan fingerprint density at radius 1 is 0.541 bits per heavy atom. The first kappa shape index (κ1) is 62.3. The number of carbonyl (C=O) groups excluding carboxylic acids is 1. The van der Waals surface area contributed by atoms with Crippen molar-refractivity contribution in [3.8, 4) is 0 Å². The van der Waals surface area contributed by atoms with Gasteiger partial charge in [0.15, 0.2) is 0 Å². The molecule has 9 atom stereocenters. The number of carbonyl (C=O) groups is 1. The van der Waals surface area contributed by atoms with E-state index in [1.807, 2.05) is 103 Å². The molecule has 0 bridgehead atoms. The van der Waals surface area contributed by atoms with E-state index in [4.69, 9.17) is 9.47 Å². The molecule has 11 nitrogen and oxygen atoms in total. The quantitative estimate of drug-likeness (QED) is 0.0301. The van der Waals surface area contributed by atoms with Crippen LogP contribution >= 0.6 is 24.8 Å². The molecule has 3 aliphatic heterocycles. The van der Waals surface area contributed by atoms with Gasteiger partial charge in [0.1, 0.15) is 6.10 Å². The van der Waals surface area contributed by atoms with Gasteiger partial charge < -0.3 is 35.4 Å². The van der Waals surface area contributed by atoms with Crippen molar-refractivity contribution in [2.24, 2.45) is 0 Å². The van der Waals surface area contributed by atoms with Gasteiger partial charge in [-0.1, -0.05) is 197 Å². The molecule has 5 N–H and O–H groups in total. The van der Waals surface area contributed by atoms with Crippen molar-refractivity contribution in [1.82, 2.24) is 25.3 Å². The van der Waals surface area contributed by atoms with Crippen molar-refractivity contribution in [2.45, 2.75) is 121 Å². The van der Waals surface area contributed by atoms with E-state index < -0.39 is 12.2 Å². The minimum Gasteiger partial charge on any atom is -0.387 e. The van der Waals surface area contributed by atoms with E-state index in [1.54, 1.807) is 0 Å². The molecule has 74 heavy (non-hydrogen) atoms. The highest BCUT2D eigenvalue weighted by Gasteiger charge is 2.43. The van der Waals surface area contributed by atoms with Crippen molar-refractivity contribution in [3.63, 3.8) is 0 Å². The predicted octanol–water partition coefficient (Wildman–Crippen LogP) is 10.5. The predicted molar refractivity (Wildman–Crippen MR) is 305 cm³/mol. The van der Waals surface area contributed by atoms with E-state index in [9.17, 15) is 20.1 Å². The highest BCUT2D eigenvalue weighted by atomic mass is 35.5. The highest BCUT2D eigenvalue weighted by molar-refractivity contribution is 5.85. The van der Waals surface area contributed by atoms with Crippen LogP contribution in [0.25, 0.3) is 0 Å². The van der Waals surface area contributed by atoms with Crippen LogP contribution in [0.15, 0.2) is 152 Å². The molecule has 3 fully saturated rings. The Hall–Kier alpha value is -4.21. The van der Waals surface area contributed by atoms with E-state index in [0.29, 0.717) is 32.2 Å². The summed E-state index contributed by atoms with van der Waals surface area (Å²) in [7, 11) is 0. The number of amides is 1. The molecular weight excluding hydrogens is 970 g/mol. The number of ether oxygens (including phenoxy) is 2. The lowest BCUT2D eigenvalue weighted by Gasteiger charge is -2.34. The van der Waals surface area contributed by atoms with Crippen LogP contribution < -0.4 is 10.6 Å². The molecule has 0 spiro atoms. The average molecular weight is 1060 g/mol. The van der Waals surface area contributed by atoms with Gasteiger partial charge in [-0.15, -0.1) is 24.8 Å². The maximum Gasteiger partial charge on any atom is 0.220 e. The first-order valence-corrected chi connectivity index (χ1v) is 26.9.